The van der Waals surface area contributed by atoms with Gasteiger partial charge in [-0.05, 0) is 42.5 Å². The maximum Gasteiger partial charge on any atom is 0.145 e. The van der Waals surface area contributed by atoms with Crippen LogP contribution in [0.2, 0.25) is 0 Å². The van der Waals surface area contributed by atoms with Crippen LogP contribution in [0.25, 0.3) is 22.0 Å². The van der Waals surface area contributed by atoms with Gasteiger partial charge in [0, 0.05) is 29.4 Å². The molecule has 0 amide bonds. The molecule has 2 aromatic heterocycles. The predicted molar refractivity (Wildman–Crippen MR) is 128 cm³/mol. The second-order valence-corrected chi connectivity index (χ2v) is 6.92. The molecule has 0 aliphatic carbocycles. The average molecular weight is 411 g/mol. The maximum atomic E-state index is 6.34. The van der Waals surface area contributed by atoms with Crippen molar-refractivity contribution >= 4 is 10.9 Å². The molecular formula is C25H38N4O. The molecular weight excluding hydrogens is 372 g/mol. The summed E-state index contributed by atoms with van der Waals surface area (Å²) in [5.74, 6) is 1.99. The minimum atomic E-state index is -0.157. The first-order valence-electron chi connectivity index (χ1n) is 11.1. The van der Waals surface area contributed by atoms with Crippen molar-refractivity contribution in [2.75, 3.05) is 7.11 Å². The summed E-state index contributed by atoms with van der Waals surface area (Å²) in [4.78, 5) is 13.6. The summed E-state index contributed by atoms with van der Waals surface area (Å²) >= 11 is 0. The molecule has 164 valence electrons. The molecule has 1 unspecified atom stereocenters. The number of hydrogen-bond acceptors (Lipinski definition) is 5. The highest BCUT2D eigenvalue weighted by atomic mass is 16.5. The molecule has 0 aliphatic rings. The van der Waals surface area contributed by atoms with E-state index in [9.17, 15) is 0 Å². The summed E-state index contributed by atoms with van der Waals surface area (Å²) in [6.45, 7) is 14.4. The number of methoxy groups -OCH3 is 1. The third-order valence-corrected chi connectivity index (χ3v) is 4.50. The number of benzene rings is 1. The van der Waals surface area contributed by atoms with E-state index in [0.29, 0.717) is 11.7 Å². The lowest BCUT2D eigenvalue weighted by Gasteiger charge is -2.16. The van der Waals surface area contributed by atoms with Crippen LogP contribution in [-0.4, -0.2) is 22.1 Å². The van der Waals surface area contributed by atoms with E-state index < -0.39 is 0 Å². The van der Waals surface area contributed by atoms with Gasteiger partial charge in [-0.1, -0.05) is 48.5 Å². The van der Waals surface area contributed by atoms with Crippen LogP contribution in [0.5, 0.6) is 5.75 Å². The molecule has 0 aliphatic heterocycles. The van der Waals surface area contributed by atoms with Crippen LogP contribution in [0, 0.1) is 5.92 Å². The number of fused-ring (bicyclic) bond motifs is 1. The van der Waals surface area contributed by atoms with Gasteiger partial charge in [-0.2, -0.15) is 0 Å². The Kier molecular flexibility index (Phi) is 11.0. The molecule has 1 atom stereocenters. The van der Waals surface area contributed by atoms with Crippen LogP contribution in [-0.2, 0) is 6.42 Å². The van der Waals surface area contributed by atoms with E-state index in [2.05, 4.69) is 31.8 Å². The van der Waals surface area contributed by atoms with Gasteiger partial charge in [-0.25, -0.2) is 9.97 Å². The highest BCUT2D eigenvalue weighted by Gasteiger charge is 2.17. The Bertz CT molecular complexity index is 895. The summed E-state index contributed by atoms with van der Waals surface area (Å²) in [6.07, 6.45) is 5.25. The van der Waals surface area contributed by atoms with Crippen molar-refractivity contribution in [3.8, 4) is 16.9 Å². The first-order chi connectivity index (χ1) is 14.5. The van der Waals surface area contributed by atoms with Crippen molar-refractivity contribution in [3.05, 3.63) is 48.2 Å². The van der Waals surface area contributed by atoms with Crippen LogP contribution in [0.15, 0.2) is 36.7 Å². The van der Waals surface area contributed by atoms with E-state index >= 15 is 0 Å². The fourth-order valence-corrected chi connectivity index (χ4v) is 3.21. The first kappa shape index (κ1) is 25.5. The summed E-state index contributed by atoms with van der Waals surface area (Å²) < 4.78 is 5.63. The Morgan fingerprint density at radius 2 is 1.63 bits per heavy atom. The van der Waals surface area contributed by atoms with Crippen molar-refractivity contribution in [1.82, 2.24) is 15.0 Å². The highest BCUT2D eigenvalue weighted by Crippen LogP contribution is 2.35. The molecule has 0 saturated heterocycles. The normalized spacial score (nSPS) is 11.3. The van der Waals surface area contributed by atoms with Gasteiger partial charge in [0.25, 0.3) is 0 Å². The Hall–Kier alpha value is -2.53. The standard InChI is InChI=1S/C21H26N4O.2C2H6/c1-5-18-16-11-15(14-6-8-23-9-7-14)20(26-4)12-19(16)25-21(24-18)17(22)10-13(2)3;2*1-2/h6-9,11-13,17H,5,10,22H2,1-4H3;2*1-2H3. The lowest BCUT2D eigenvalue weighted by Crippen LogP contribution is -2.17. The number of rotatable bonds is 6. The van der Waals surface area contributed by atoms with Crippen molar-refractivity contribution in [2.45, 2.75) is 67.3 Å². The number of aryl methyl sites for hydroxylation is 1. The molecule has 0 saturated carbocycles. The molecule has 5 heteroatoms. The lowest BCUT2D eigenvalue weighted by atomic mass is 10.0. The van der Waals surface area contributed by atoms with Crippen molar-refractivity contribution < 1.29 is 4.74 Å². The third kappa shape index (κ3) is 6.23. The highest BCUT2D eigenvalue weighted by molar-refractivity contribution is 5.89. The number of nitrogens with zero attached hydrogens (tertiary/aromatic N) is 3. The fraction of sp³-hybridized carbons (Fsp3) is 0.480. The zero-order valence-corrected chi connectivity index (χ0v) is 19.9. The van der Waals surface area contributed by atoms with Gasteiger partial charge in [0.15, 0.2) is 0 Å². The minimum Gasteiger partial charge on any atom is -0.496 e. The van der Waals surface area contributed by atoms with Gasteiger partial charge in [-0.15, -0.1) is 0 Å². The lowest BCUT2D eigenvalue weighted by molar-refractivity contribution is 0.417. The molecule has 2 N–H and O–H groups in total. The van der Waals surface area contributed by atoms with E-state index in [1.165, 1.54) is 0 Å². The van der Waals surface area contributed by atoms with Gasteiger partial charge in [0.05, 0.1) is 24.4 Å². The Morgan fingerprint density at radius 3 is 2.17 bits per heavy atom. The number of hydrogen-bond donors (Lipinski definition) is 1. The van der Waals surface area contributed by atoms with Crippen LogP contribution in [0.3, 0.4) is 0 Å². The molecule has 0 bridgehead atoms. The van der Waals surface area contributed by atoms with Crippen molar-refractivity contribution in [1.29, 1.82) is 0 Å². The van der Waals surface area contributed by atoms with E-state index in [0.717, 1.165) is 46.3 Å². The number of pyridine rings is 1. The largest absolute Gasteiger partial charge is 0.496 e. The van der Waals surface area contributed by atoms with Gasteiger partial charge >= 0.3 is 0 Å². The van der Waals surface area contributed by atoms with Crippen LogP contribution < -0.4 is 10.5 Å². The van der Waals surface area contributed by atoms with E-state index in [1.54, 1.807) is 19.5 Å². The minimum absolute atomic E-state index is 0.157. The topological polar surface area (TPSA) is 73.9 Å². The maximum absolute atomic E-state index is 6.34. The summed E-state index contributed by atoms with van der Waals surface area (Å²) in [7, 11) is 1.68. The molecule has 1 aromatic carbocycles. The molecule has 0 spiro atoms. The predicted octanol–water partition coefficient (Wildman–Crippen LogP) is 6.36. The molecule has 3 rings (SSSR count). The molecule has 3 aromatic rings. The quantitative estimate of drug-likeness (QED) is 0.512. The molecule has 5 nitrogen and oxygen atoms in total. The zero-order valence-electron chi connectivity index (χ0n) is 19.9. The molecule has 0 fully saturated rings. The average Bonchev–Trinajstić information content (AvgIpc) is 2.80. The van der Waals surface area contributed by atoms with Crippen LogP contribution >= 0.6 is 0 Å². The second-order valence-electron chi connectivity index (χ2n) is 6.92. The monoisotopic (exact) mass is 410 g/mol. The Labute approximate surface area is 182 Å². The summed E-state index contributed by atoms with van der Waals surface area (Å²) in [6, 6.07) is 7.89. The van der Waals surface area contributed by atoms with Crippen molar-refractivity contribution in [2.24, 2.45) is 11.7 Å². The number of ether oxygens (including phenoxy) is 1. The fourth-order valence-electron chi connectivity index (χ4n) is 3.21. The van der Waals surface area contributed by atoms with Gasteiger partial charge in [0.2, 0.25) is 0 Å². The smallest absolute Gasteiger partial charge is 0.145 e. The second kappa shape index (κ2) is 12.9. The molecule has 2 heterocycles. The van der Waals surface area contributed by atoms with Crippen molar-refractivity contribution in [3.63, 3.8) is 0 Å². The summed E-state index contributed by atoms with van der Waals surface area (Å²) in [5, 5.41) is 1.04. The molecule has 0 radical (unpaired) electrons. The van der Waals surface area contributed by atoms with Gasteiger partial charge in [0.1, 0.15) is 11.6 Å². The van der Waals surface area contributed by atoms with Gasteiger partial charge in [-0.3, -0.25) is 4.98 Å². The zero-order chi connectivity index (χ0) is 22.7. The Morgan fingerprint density at radius 1 is 1.00 bits per heavy atom. The summed E-state index contributed by atoms with van der Waals surface area (Å²) in [5.41, 5.74) is 10.3. The van der Waals surface area contributed by atoms with E-state index in [4.69, 9.17) is 20.4 Å². The number of aromatic nitrogens is 3. The van der Waals surface area contributed by atoms with E-state index in [1.807, 2.05) is 45.9 Å². The SMILES string of the molecule is CC.CC.CCc1nc(C(N)CC(C)C)nc2cc(OC)c(-c3ccncc3)cc12. The van der Waals surface area contributed by atoms with E-state index in [-0.39, 0.29) is 6.04 Å². The van der Waals surface area contributed by atoms with Crippen LogP contribution in [0.4, 0.5) is 0 Å². The number of nitrogens with two attached hydrogens (primary N) is 1. The third-order valence-electron chi connectivity index (χ3n) is 4.50. The Balaban J connectivity index is 0.00000106. The van der Waals surface area contributed by atoms with Gasteiger partial charge < -0.3 is 10.5 Å². The van der Waals surface area contributed by atoms with Crippen LogP contribution in [0.1, 0.15) is 72.4 Å². The first-order valence-corrected chi connectivity index (χ1v) is 11.1. The molecule has 30 heavy (non-hydrogen) atoms.